The minimum absolute atomic E-state index is 0.0528. The summed E-state index contributed by atoms with van der Waals surface area (Å²) in [5, 5.41) is 13.0. The molecule has 158 valence electrons. The molecule has 0 aliphatic heterocycles. The van der Waals surface area contributed by atoms with Crippen molar-refractivity contribution in [3.05, 3.63) is 59.1 Å². The first-order valence-electron chi connectivity index (χ1n) is 9.68. The van der Waals surface area contributed by atoms with Crippen molar-refractivity contribution >= 4 is 29.3 Å². The maximum atomic E-state index is 12.3. The number of amides is 1. The maximum Gasteiger partial charge on any atom is 0.230 e. The van der Waals surface area contributed by atoms with Crippen molar-refractivity contribution < 1.29 is 9.53 Å². The number of methoxy groups -OCH3 is 1. The molecule has 30 heavy (non-hydrogen) atoms. The molecule has 0 unspecified atom stereocenters. The van der Waals surface area contributed by atoms with Gasteiger partial charge in [0.15, 0.2) is 11.0 Å². The van der Waals surface area contributed by atoms with Crippen LogP contribution in [-0.4, -0.2) is 33.5 Å². The third-order valence-corrected chi connectivity index (χ3v) is 5.57. The summed E-state index contributed by atoms with van der Waals surface area (Å²) < 4.78 is 7.21. The molecule has 0 saturated carbocycles. The lowest BCUT2D eigenvalue weighted by molar-refractivity contribution is -0.118. The fourth-order valence-corrected chi connectivity index (χ4v) is 3.77. The molecule has 0 saturated heterocycles. The Labute approximate surface area is 186 Å². The Balaban J connectivity index is 1.63. The minimum Gasteiger partial charge on any atom is -0.497 e. The Bertz CT molecular complexity index is 972. The highest BCUT2D eigenvalue weighted by Crippen LogP contribution is 2.26. The Kier molecular flexibility index (Phi) is 7.76. The van der Waals surface area contributed by atoms with Crippen LogP contribution in [0.5, 0.6) is 5.75 Å². The van der Waals surface area contributed by atoms with Crippen molar-refractivity contribution in [2.75, 3.05) is 12.9 Å². The van der Waals surface area contributed by atoms with Crippen LogP contribution in [0.4, 0.5) is 0 Å². The van der Waals surface area contributed by atoms with Gasteiger partial charge in [-0.05, 0) is 47.9 Å². The lowest BCUT2D eigenvalue weighted by atomic mass is 10.2. The van der Waals surface area contributed by atoms with E-state index in [1.54, 1.807) is 7.11 Å². The predicted molar refractivity (Wildman–Crippen MR) is 121 cm³/mol. The van der Waals surface area contributed by atoms with Gasteiger partial charge in [-0.25, -0.2) is 0 Å². The maximum absolute atomic E-state index is 12.3. The second kappa shape index (κ2) is 10.5. The highest BCUT2D eigenvalue weighted by atomic mass is 35.5. The fourth-order valence-electron chi connectivity index (χ4n) is 2.86. The Morgan fingerprint density at radius 1 is 1.13 bits per heavy atom. The molecule has 0 aliphatic carbocycles. The highest BCUT2D eigenvalue weighted by Gasteiger charge is 2.16. The molecule has 0 spiro atoms. The summed E-state index contributed by atoms with van der Waals surface area (Å²) in [6.07, 6.45) is 0. The summed E-state index contributed by atoms with van der Waals surface area (Å²) in [5.41, 5.74) is 1.96. The average Bonchev–Trinajstić information content (AvgIpc) is 3.13. The molecule has 1 amide bonds. The number of carbonyl (C=O) groups excluding carboxylic acids is 1. The molecule has 0 fully saturated rings. The zero-order chi connectivity index (χ0) is 21.5. The molecule has 2 aromatic carbocycles. The number of hydrogen-bond acceptors (Lipinski definition) is 5. The largest absolute Gasteiger partial charge is 0.497 e. The molecule has 3 aromatic rings. The Hall–Kier alpha value is -2.51. The topological polar surface area (TPSA) is 69.0 Å². The van der Waals surface area contributed by atoms with Gasteiger partial charge < -0.3 is 14.6 Å². The van der Waals surface area contributed by atoms with Gasteiger partial charge in [0.1, 0.15) is 5.75 Å². The lowest BCUT2D eigenvalue weighted by Gasteiger charge is -2.12. The van der Waals surface area contributed by atoms with Gasteiger partial charge in [-0.3, -0.25) is 4.79 Å². The van der Waals surface area contributed by atoms with Crippen molar-refractivity contribution in [3.63, 3.8) is 0 Å². The van der Waals surface area contributed by atoms with Crippen LogP contribution < -0.4 is 10.1 Å². The number of halogens is 1. The molecule has 1 aromatic heterocycles. The molecule has 1 heterocycles. The number of hydrogen-bond donors (Lipinski definition) is 1. The normalized spacial score (nSPS) is 11.0. The number of thioether (sulfide) groups is 1. The van der Waals surface area contributed by atoms with Gasteiger partial charge in [0.25, 0.3) is 0 Å². The van der Waals surface area contributed by atoms with Crippen molar-refractivity contribution in [2.45, 2.75) is 32.1 Å². The zero-order valence-electron chi connectivity index (χ0n) is 17.3. The summed E-state index contributed by atoms with van der Waals surface area (Å²) in [5.74, 6) is 2.20. The molecule has 8 heteroatoms. The summed E-state index contributed by atoms with van der Waals surface area (Å²) in [6.45, 7) is 5.52. The predicted octanol–water partition coefficient (Wildman–Crippen LogP) is 4.67. The van der Waals surface area contributed by atoms with E-state index >= 15 is 0 Å². The lowest BCUT2D eigenvalue weighted by Crippen LogP contribution is -2.24. The monoisotopic (exact) mass is 444 g/mol. The smallest absolute Gasteiger partial charge is 0.230 e. The first-order chi connectivity index (χ1) is 14.5. The van der Waals surface area contributed by atoms with E-state index in [9.17, 15) is 4.79 Å². The van der Waals surface area contributed by atoms with E-state index in [-0.39, 0.29) is 11.7 Å². The average molecular weight is 445 g/mol. The molecule has 0 atom stereocenters. The number of benzene rings is 2. The molecule has 6 nitrogen and oxygen atoms in total. The first-order valence-corrected chi connectivity index (χ1v) is 11.0. The van der Waals surface area contributed by atoms with Crippen molar-refractivity contribution in [3.8, 4) is 17.1 Å². The highest BCUT2D eigenvalue weighted by molar-refractivity contribution is 7.99. The van der Waals surface area contributed by atoms with Crippen LogP contribution in [0.25, 0.3) is 11.4 Å². The molecule has 0 bridgehead atoms. The standard InChI is InChI=1S/C22H25ClN4O2S/c1-15(2)13-27-21(17-6-8-18(23)9-7-17)25-26-22(27)30-14-20(28)24-12-16-4-10-19(29-3)11-5-16/h4-11,15H,12-14H2,1-3H3,(H,24,28). The zero-order valence-corrected chi connectivity index (χ0v) is 18.8. The molecule has 0 radical (unpaired) electrons. The van der Waals surface area contributed by atoms with Gasteiger partial charge in [0.2, 0.25) is 5.91 Å². The minimum atomic E-state index is -0.0528. The van der Waals surface area contributed by atoms with Crippen LogP contribution in [0.2, 0.25) is 5.02 Å². The van der Waals surface area contributed by atoms with Crippen LogP contribution in [0.15, 0.2) is 53.7 Å². The molecular formula is C22H25ClN4O2S. The molecule has 3 rings (SSSR count). The number of carbonyl (C=O) groups is 1. The van der Waals surface area contributed by atoms with Crippen molar-refractivity contribution in [2.24, 2.45) is 5.92 Å². The van der Waals surface area contributed by atoms with Gasteiger partial charge in [0, 0.05) is 23.7 Å². The van der Waals surface area contributed by atoms with Crippen molar-refractivity contribution in [1.82, 2.24) is 20.1 Å². The number of ether oxygens (including phenoxy) is 1. The van der Waals surface area contributed by atoms with Crippen LogP contribution in [0, 0.1) is 5.92 Å². The number of nitrogens with one attached hydrogen (secondary N) is 1. The third-order valence-electron chi connectivity index (χ3n) is 4.35. The van der Waals surface area contributed by atoms with Gasteiger partial charge >= 0.3 is 0 Å². The van der Waals surface area contributed by atoms with E-state index in [0.29, 0.717) is 17.5 Å². The van der Waals surface area contributed by atoms with E-state index in [1.807, 2.05) is 48.5 Å². The van der Waals surface area contributed by atoms with Crippen LogP contribution >= 0.6 is 23.4 Å². The summed E-state index contributed by atoms with van der Waals surface area (Å²) in [6, 6.07) is 15.2. The third kappa shape index (κ3) is 6.00. The number of rotatable bonds is 9. The van der Waals surface area contributed by atoms with E-state index in [4.69, 9.17) is 16.3 Å². The number of aromatic nitrogens is 3. The van der Waals surface area contributed by atoms with Gasteiger partial charge in [-0.15, -0.1) is 10.2 Å². The van der Waals surface area contributed by atoms with Crippen LogP contribution in [-0.2, 0) is 17.9 Å². The SMILES string of the molecule is COc1ccc(CNC(=O)CSc2nnc(-c3ccc(Cl)cc3)n2CC(C)C)cc1. The van der Waals surface area contributed by atoms with Gasteiger partial charge in [-0.1, -0.05) is 49.3 Å². The first kappa shape index (κ1) is 22.2. The Morgan fingerprint density at radius 3 is 2.47 bits per heavy atom. The van der Waals surface area contributed by atoms with Crippen LogP contribution in [0.1, 0.15) is 19.4 Å². The Morgan fingerprint density at radius 2 is 1.83 bits per heavy atom. The second-order valence-electron chi connectivity index (χ2n) is 7.23. The molecule has 1 N–H and O–H groups in total. The van der Waals surface area contributed by atoms with E-state index in [2.05, 4.69) is 33.9 Å². The summed E-state index contributed by atoms with van der Waals surface area (Å²) in [4.78, 5) is 12.3. The quantitative estimate of drug-likeness (QED) is 0.485. The van der Waals surface area contributed by atoms with E-state index < -0.39 is 0 Å². The molecular weight excluding hydrogens is 420 g/mol. The van der Waals surface area contributed by atoms with Gasteiger partial charge in [-0.2, -0.15) is 0 Å². The second-order valence-corrected chi connectivity index (χ2v) is 8.61. The summed E-state index contributed by atoms with van der Waals surface area (Å²) in [7, 11) is 1.63. The van der Waals surface area contributed by atoms with E-state index in [0.717, 1.165) is 34.4 Å². The summed E-state index contributed by atoms with van der Waals surface area (Å²) >= 11 is 7.39. The molecule has 0 aliphatic rings. The van der Waals surface area contributed by atoms with Gasteiger partial charge in [0.05, 0.1) is 12.9 Å². The number of nitrogens with zero attached hydrogens (tertiary/aromatic N) is 3. The fraction of sp³-hybridized carbons (Fsp3) is 0.318. The van der Waals surface area contributed by atoms with Crippen molar-refractivity contribution in [1.29, 1.82) is 0 Å². The van der Waals surface area contributed by atoms with E-state index in [1.165, 1.54) is 11.8 Å². The van der Waals surface area contributed by atoms with Crippen LogP contribution in [0.3, 0.4) is 0 Å².